The molecule has 14 heteroatoms. The largest absolute Gasteiger partial charge is 0.493 e. The Bertz CT molecular complexity index is 1640. The zero-order chi connectivity index (χ0) is 57.2. The fourth-order valence-corrected chi connectivity index (χ4v) is 10.7. The summed E-state index contributed by atoms with van der Waals surface area (Å²) in [6, 6.07) is 5.63. The van der Waals surface area contributed by atoms with Crippen LogP contribution in [0.15, 0.2) is 18.2 Å². The molecule has 0 aliphatic rings. The van der Waals surface area contributed by atoms with Crippen molar-refractivity contribution in [2.45, 2.75) is 259 Å². The number of methoxy groups -OCH3 is 2. The van der Waals surface area contributed by atoms with Crippen molar-refractivity contribution in [2.24, 2.45) is 0 Å². The molecule has 2 rings (SSSR count). The van der Waals surface area contributed by atoms with Crippen LogP contribution in [0.4, 0.5) is 0 Å². The Balaban J connectivity index is 1.84. The molecule has 0 N–H and O–H groups in total. The van der Waals surface area contributed by atoms with E-state index in [-0.39, 0.29) is 43.5 Å². The average Bonchev–Trinajstić information content (AvgIpc) is 3.95. The normalized spacial score (nSPS) is 13.0. The van der Waals surface area contributed by atoms with Gasteiger partial charge >= 0.3 is 5.97 Å². The van der Waals surface area contributed by atoms with Gasteiger partial charge in [-0.15, -0.1) is 11.3 Å². The van der Waals surface area contributed by atoms with Crippen molar-refractivity contribution in [3.63, 3.8) is 0 Å². The molecule has 3 atom stereocenters. The third-order valence-corrected chi connectivity index (χ3v) is 15.8. The van der Waals surface area contributed by atoms with Gasteiger partial charge in [0.15, 0.2) is 36.2 Å². The van der Waals surface area contributed by atoms with Crippen LogP contribution in [0.3, 0.4) is 0 Å². The number of ketones is 1. The van der Waals surface area contributed by atoms with E-state index in [0.29, 0.717) is 23.0 Å². The SMILES string of the molecule is CCCCCCOC(C)OCCCCCCN(CCCCCCOC(=O)CCC(=O)c1cc2cc(OC)c(OC)cc2s1)CCCN(CCCCCCOC(C)OCCCCCC)CCCCCCOC(C)OCCCCCC. The second-order valence-corrected chi connectivity index (χ2v) is 22.9. The molecule has 3 unspecified atom stereocenters. The quantitative estimate of drug-likeness (QED) is 0.0270. The molecule has 0 bridgehead atoms. The number of fused-ring (bicyclic) bond motifs is 1. The van der Waals surface area contributed by atoms with E-state index in [2.05, 4.69) is 30.6 Å². The molecule has 1 aromatic carbocycles. The van der Waals surface area contributed by atoms with Gasteiger partial charge in [-0.3, -0.25) is 9.59 Å². The Kier molecular flexibility index (Phi) is 47.2. The molecule has 1 aromatic heterocycles. The van der Waals surface area contributed by atoms with E-state index in [0.717, 1.165) is 153 Å². The van der Waals surface area contributed by atoms with Gasteiger partial charge in [-0.1, -0.05) is 130 Å². The second kappa shape index (κ2) is 51.3. The lowest BCUT2D eigenvalue weighted by Gasteiger charge is -2.26. The Labute approximate surface area is 486 Å². The molecule has 0 amide bonds. The maximum Gasteiger partial charge on any atom is 0.306 e. The molecule has 13 nitrogen and oxygen atoms in total. The van der Waals surface area contributed by atoms with Crippen LogP contribution in [0.1, 0.15) is 250 Å². The number of nitrogens with zero attached hydrogens (tertiary/aromatic N) is 2. The number of carbonyl (C=O) groups is 2. The first-order valence-corrected chi connectivity index (χ1v) is 32.9. The fourth-order valence-electron chi connectivity index (χ4n) is 9.68. The Morgan fingerprint density at radius 2 is 0.734 bits per heavy atom. The summed E-state index contributed by atoms with van der Waals surface area (Å²) >= 11 is 1.41. The Hall–Kier alpha value is -2.40. The molecule has 460 valence electrons. The van der Waals surface area contributed by atoms with Gasteiger partial charge in [-0.2, -0.15) is 0 Å². The van der Waals surface area contributed by atoms with Gasteiger partial charge in [0.1, 0.15) is 0 Å². The zero-order valence-corrected chi connectivity index (χ0v) is 52.7. The third kappa shape index (κ3) is 39.7. The summed E-state index contributed by atoms with van der Waals surface area (Å²) in [7, 11) is 3.20. The molecule has 2 aromatic rings. The van der Waals surface area contributed by atoms with Gasteiger partial charge in [0, 0.05) is 56.8 Å². The molecule has 0 saturated heterocycles. The zero-order valence-electron chi connectivity index (χ0n) is 51.9. The third-order valence-electron chi connectivity index (χ3n) is 14.6. The van der Waals surface area contributed by atoms with Crippen LogP contribution >= 0.6 is 11.3 Å². The molecular weight excluding hydrogens is 1020 g/mol. The monoisotopic (exact) mass is 1130 g/mol. The second-order valence-electron chi connectivity index (χ2n) is 21.8. The number of esters is 1. The highest BCUT2D eigenvalue weighted by atomic mass is 32.1. The molecule has 0 radical (unpaired) electrons. The van der Waals surface area contributed by atoms with Crippen molar-refractivity contribution in [1.29, 1.82) is 0 Å². The Morgan fingerprint density at radius 3 is 1.10 bits per heavy atom. The van der Waals surface area contributed by atoms with Crippen LogP contribution in [0.2, 0.25) is 0 Å². The molecule has 0 spiro atoms. The molecule has 0 aliphatic heterocycles. The van der Waals surface area contributed by atoms with Crippen molar-refractivity contribution < 1.29 is 52.2 Å². The number of ether oxygens (including phenoxy) is 9. The summed E-state index contributed by atoms with van der Waals surface area (Å²) in [6.45, 7) is 24.6. The molecule has 0 fully saturated rings. The van der Waals surface area contributed by atoms with Crippen LogP contribution < -0.4 is 9.47 Å². The first kappa shape index (κ1) is 72.7. The van der Waals surface area contributed by atoms with Crippen LogP contribution in [0.25, 0.3) is 10.1 Å². The maximum absolute atomic E-state index is 13.0. The summed E-state index contributed by atoms with van der Waals surface area (Å²) in [5.74, 6) is 0.881. The molecule has 1 heterocycles. The summed E-state index contributed by atoms with van der Waals surface area (Å²) in [6.07, 6.45) is 33.7. The van der Waals surface area contributed by atoms with Gasteiger partial charge in [-0.05, 0) is 155 Å². The number of Topliss-reactive ketones (excluding diaryl/α,β-unsaturated/α-hetero) is 1. The van der Waals surface area contributed by atoms with E-state index in [4.69, 9.17) is 42.6 Å². The Morgan fingerprint density at radius 1 is 0.405 bits per heavy atom. The summed E-state index contributed by atoms with van der Waals surface area (Å²) in [4.78, 5) is 31.7. The van der Waals surface area contributed by atoms with E-state index in [9.17, 15) is 9.59 Å². The minimum atomic E-state index is -0.312. The van der Waals surface area contributed by atoms with Crippen molar-refractivity contribution in [3.8, 4) is 11.5 Å². The van der Waals surface area contributed by atoms with E-state index in [1.54, 1.807) is 14.2 Å². The molecule has 0 saturated carbocycles. The lowest BCUT2D eigenvalue weighted by molar-refractivity contribution is -0.143. The first-order valence-electron chi connectivity index (χ1n) is 32.1. The van der Waals surface area contributed by atoms with E-state index >= 15 is 0 Å². The number of carbonyl (C=O) groups excluding carboxylic acids is 2. The van der Waals surface area contributed by atoms with Crippen molar-refractivity contribution >= 4 is 33.2 Å². The van der Waals surface area contributed by atoms with E-state index in [1.807, 2.05) is 39.0 Å². The van der Waals surface area contributed by atoms with Crippen molar-refractivity contribution in [2.75, 3.05) is 99.7 Å². The lowest BCUT2D eigenvalue weighted by atomic mass is 10.1. The van der Waals surface area contributed by atoms with Gasteiger partial charge in [0.25, 0.3) is 0 Å². The highest BCUT2D eigenvalue weighted by Gasteiger charge is 2.16. The van der Waals surface area contributed by atoms with Crippen LogP contribution in [0, 0.1) is 0 Å². The van der Waals surface area contributed by atoms with Gasteiger partial charge in [0.05, 0.1) is 32.1 Å². The smallest absolute Gasteiger partial charge is 0.306 e. The molecule has 79 heavy (non-hydrogen) atoms. The highest BCUT2D eigenvalue weighted by molar-refractivity contribution is 7.20. The summed E-state index contributed by atoms with van der Waals surface area (Å²) in [5, 5.41) is 0.919. The van der Waals surface area contributed by atoms with E-state index < -0.39 is 0 Å². The summed E-state index contributed by atoms with van der Waals surface area (Å²) < 4.78 is 52.9. The van der Waals surface area contributed by atoms with Gasteiger partial charge in [-0.25, -0.2) is 0 Å². The number of thiophene rings is 1. The minimum Gasteiger partial charge on any atom is -0.493 e. The number of hydrogen-bond acceptors (Lipinski definition) is 14. The number of hydrogen-bond donors (Lipinski definition) is 0. The number of benzene rings is 1. The summed E-state index contributed by atoms with van der Waals surface area (Å²) in [5.41, 5.74) is 0. The lowest BCUT2D eigenvalue weighted by Crippen LogP contribution is -2.32. The topological polar surface area (TPSA) is 124 Å². The maximum atomic E-state index is 13.0. The number of rotatable bonds is 59. The van der Waals surface area contributed by atoms with E-state index in [1.165, 1.54) is 133 Å². The first-order chi connectivity index (χ1) is 38.6. The fraction of sp³-hybridized carbons (Fsp3) is 0.846. The minimum absolute atomic E-state index is 0.0556. The number of unbranched alkanes of at least 4 members (excludes halogenated alkanes) is 21. The standard InChI is InChI=1S/C65H118N2O11S/c1-9-12-15-30-46-72-56(4)75-49-33-22-18-26-40-66(41-27-19-23-34-50-76-57(5)73-47-31-16-13-10-2)44-37-45-67(42-28-20-24-35-51-77-58(6)74-48-32-17-14-11-3)43-29-21-25-36-52-78-65(69)39-38-60(68)64-54-59-53-61(70-7)62(71-8)55-63(59)79-64/h53-58H,9-52H2,1-8H3. The van der Waals surface area contributed by atoms with Crippen molar-refractivity contribution in [1.82, 2.24) is 9.80 Å². The van der Waals surface area contributed by atoms with Gasteiger partial charge in [0.2, 0.25) is 0 Å². The molecular formula is C65H118N2O11S. The van der Waals surface area contributed by atoms with Crippen LogP contribution in [-0.4, -0.2) is 140 Å². The van der Waals surface area contributed by atoms with Crippen LogP contribution in [0.5, 0.6) is 11.5 Å². The van der Waals surface area contributed by atoms with Gasteiger partial charge < -0.3 is 52.4 Å². The average molecular weight is 1140 g/mol. The van der Waals surface area contributed by atoms with Crippen LogP contribution in [-0.2, 0) is 38.0 Å². The van der Waals surface area contributed by atoms with Crippen molar-refractivity contribution in [3.05, 3.63) is 23.1 Å². The predicted molar refractivity (Wildman–Crippen MR) is 327 cm³/mol. The highest BCUT2D eigenvalue weighted by Crippen LogP contribution is 2.37. The predicted octanol–water partition coefficient (Wildman–Crippen LogP) is 16.5. The molecule has 0 aliphatic carbocycles.